The number of aromatic nitrogens is 2. The third-order valence-electron chi connectivity index (χ3n) is 5.57. The van der Waals surface area contributed by atoms with Crippen molar-refractivity contribution in [3.8, 4) is 5.75 Å². The molecule has 0 spiro atoms. The fraction of sp³-hybridized carbons (Fsp3) is 0.273. The van der Waals surface area contributed by atoms with Crippen molar-refractivity contribution in [3.05, 3.63) is 83.7 Å². The normalized spacial score (nSPS) is 15.6. The highest BCUT2D eigenvalue weighted by Crippen LogP contribution is 2.41. The number of nitrogens with zero attached hydrogens (tertiary/aromatic N) is 3. The zero-order valence-corrected chi connectivity index (χ0v) is 17.5. The van der Waals surface area contributed by atoms with E-state index < -0.39 is 40.4 Å². The third kappa shape index (κ3) is 4.06. The Morgan fingerprint density at radius 3 is 2.09 bits per heavy atom. The number of hydrogen-bond acceptors (Lipinski definition) is 3. The predicted molar refractivity (Wildman–Crippen MR) is 111 cm³/mol. The maximum absolute atomic E-state index is 14.4. The number of likely N-dealkylation sites (tertiary alicyclic amines) is 1. The number of hydrogen-bond donors (Lipinski definition) is 0. The van der Waals surface area contributed by atoms with Crippen LogP contribution in [0.3, 0.4) is 0 Å². The Labute approximate surface area is 186 Å². The lowest BCUT2D eigenvalue weighted by atomic mass is 9.84. The minimum absolute atomic E-state index is 0.223. The molecule has 10 heteroatoms. The van der Waals surface area contributed by atoms with Gasteiger partial charge in [0.05, 0.1) is 17.9 Å². The number of imidazole rings is 1. The standard InChI is InChI=1S/C22H18F5N3OS/c23-16-17(24)19(26)21(20(27)18(16)25)31-22(14-4-2-1-3-5-14)6-9-30(10-7-22)15(32)12-29-11-8-28-13-29/h1-5,8,11,13H,6-7,9-10,12H2. The van der Waals surface area contributed by atoms with Crippen LogP contribution in [0.5, 0.6) is 5.75 Å². The largest absolute Gasteiger partial charge is 0.476 e. The lowest BCUT2D eigenvalue weighted by Crippen LogP contribution is -2.48. The molecular formula is C22H18F5N3OS. The molecule has 2 aromatic carbocycles. The Morgan fingerprint density at radius 1 is 0.938 bits per heavy atom. The van der Waals surface area contributed by atoms with Gasteiger partial charge < -0.3 is 14.2 Å². The average Bonchev–Trinajstić information content (AvgIpc) is 3.33. The Balaban J connectivity index is 1.63. The van der Waals surface area contributed by atoms with E-state index in [4.69, 9.17) is 17.0 Å². The van der Waals surface area contributed by atoms with Crippen LogP contribution in [-0.2, 0) is 12.1 Å². The number of ether oxygens (including phenoxy) is 1. The van der Waals surface area contributed by atoms with Crippen molar-refractivity contribution in [1.82, 2.24) is 14.5 Å². The lowest BCUT2D eigenvalue weighted by molar-refractivity contribution is 0.00478. The van der Waals surface area contributed by atoms with Gasteiger partial charge in [0.15, 0.2) is 5.75 Å². The van der Waals surface area contributed by atoms with Crippen LogP contribution in [0.15, 0.2) is 49.1 Å². The summed E-state index contributed by atoms with van der Waals surface area (Å²) < 4.78 is 77.2. The van der Waals surface area contributed by atoms with Gasteiger partial charge in [0.25, 0.3) is 0 Å². The van der Waals surface area contributed by atoms with Crippen molar-refractivity contribution in [2.45, 2.75) is 25.0 Å². The Kier molecular flexibility index (Phi) is 6.14. The molecule has 1 fully saturated rings. The fourth-order valence-electron chi connectivity index (χ4n) is 3.82. The first-order chi connectivity index (χ1) is 15.3. The molecule has 0 saturated carbocycles. The van der Waals surface area contributed by atoms with Crippen LogP contribution < -0.4 is 4.74 Å². The van der Waals surface area contributed by atoms with Crippen molar-refractivity contribution in [2.75, 3.05) is 13.1 Å². The molecular weight excluding hydrogens is 449 g/mol. The molecule has 0 amide bonds. The van der Waals surface area contributed by atoms with E-state index >= 15 is 0 Å². The van der Waals surface area contributed by atoms with Crippen LogP contribution in [0, 0.1) is 29.1 Å². The van der Waals surface area contributed by atoms with Crippen molar-refractivity contribution < 1.29 is 26.7 Å². The average molecular weight is 467 g/mol. The summed E-state index contributed by atoms with van der Waals surface area (Å²) >= 11 is 5.51. The maximum atomic E-state index is 14.4. The molecule has 4 nitrogen and oxygen atoms in total. The van der Waals surface area contributed by atoms with E-state index in [1.54, 1.807) is 49.1 Å². The first-order valence-electron chi connectivity index (χ1n) is 9.82. The molecule has 4 rings (SSSR count). The van der Waals surface area contributed by atoms with E-state index in [9.17, 15) is 22.0 Å². The molecule has 168 valence electrons. The number of halogens is 5. The molecule has 0 atom stereocenters. The summed E-state index contributed by atoms with van der Waals surface area (Å²) in [5, 5.41) is 0. The summed E-state index contributed by atoms with van der Waals surface area (Å²) in [6.07, 6.45) is 5.49. The molecule has 1 aliphatic heterocycles. The maximum Gasteiger partial charge on any atom is 0.207 e. The molecule has 0 N–H and O–H groups in total. The van der Waals surface area contributed by atoms with E-state index in [1.807, 2.05) is 9.47 Å². The zero-order chi connectivity index (χ0) is 22.9. The Hall–Kier alpha value is -3.01. The van der Waals surface area contributed by atoms with E-state index in [1.165, 1.54) is 0 Å². The topological polar surface area (TPSA) is 30.3 Å². The zero-order valence-electron chi connectivity index (χ0n) is 16.7. The van der Waals surface area contributed by atoms with Gasteiger partial charge in [-0.25, -0.2) is 18.2 Å². The molecule has 2 heterocycles. The summed E-state index contributed by atoms with van der Waals surface area (Å²) in [6.45, 7) is 1.18. The number of thiocarbonyl (C=S) groups is 1. The van der Waals surface area contributed by atoms with Crippen molar-refractivity contribution in [2.24, 2.45) is 0 Å². The first-order valence-corrected chi connectivity index (χ1v) is 10.2. The van der Waals surface area contributed by atoms with Crippen LogP contribution in [0.1, 0.15) is 18.4 Å². The van der Waals surface area contributed by atoms with Crippen LogP contribution in [0.4, 0.5) is 22.0 Å². The second-order valence-corrected chi connectivity index (χ2v) is 7.95. The second-order valence-electron chi connectivity index (χ2n) is 7.48. The SMILES string of the molecule is Fc1c(F)c(F)c(OC2(c3ccccc3)CCN(C(=S)Cn3ccnc3)CC2)c(F)c1F. The minimum atomic E-state index is -2.22. The third-order valence-corrected chi connectivity index (χ3v) is 5.95. The van der Waals surface area contributed by atoms with Crippen LogP contribution in [0.2, 0.25) is 0 Å². The quantitative estimate of drug-likeness (QED) is 0.229. The van der Waals surface area contributed by atoms with Gasteiger partial charge in [-0.3, -0.25) is 0 Å². The van der Waals surface area contributed by atoms with E-state index in [0.717, 1.165) is 0 Å². The van der Waals surface area contributed by atoms with E-state index in [0.29, 0.717) is 30.2 Å². The molecule has 0 radical (unpaired) electrons. The lowest BCUT2D eigenvalue weighted by Gasteiger charge is -2.43. The first kappa shape index (κ1) is 22.2. The highest BCUT2D eigenvalue weighted by atomic mass is 32.1. The van der Waals surface area contributed by atoms with Gasteiger partial charge in [0.1, 0.15) is 5.60 Å². The van der Waals surface area contributed by atoms with Crippen molar-refractivity contribution >= 4 is 17.2 Å². The summed E-state index contributed by atoms with van der Waals surface area (Å²) in [7, 11) is 0. The van der Waals surface area contributed by atoms with E-state index in [-0.39, 0.29) is 12.8 Å². The smallest absolute Gasteiger partial charge is 0.207 e. The highest BCUT2D eigenvalue weighted by Gasteiger charge is 2.41. The van der Waals surface area contributed by atoms with Gasteiger partial charge in [-0.1, -0.05) is 42.5 Å². The molecule has 0 bridgehead atoms. The van der Waals surface area contributed by atoms with Gasteiger partial charge in [-0.15, -0.1) is 0 Å². The minimum Gasteiger partial charge on any atom is -0.476 e. The molecule has 1 saturated heterocycles. The molecule has 0 aliphatic carbocycles. The molecule has 32 heavy (non-hydrogen) atoms. The summed E-state index contributed by atoms with van der Waals surface area (Å²) in [6, 6.07) is 8.59. The number of piperidine rings is 1. The molecule has 1 aliphatic rings. The van der Waals surface area contributed by atoms with Crippen LogP contribution in [0.25, 0.3) is 0 Å². The highest BCUT2D eigenvalue weighted by molar-refractivity contribution is 7.80. The summed E-state index contributed by atoms with van der Waals surface area (Å²) in [5.74, 6) is -11.6. The van der Waals surface area contributed by atoms with E-state index in [2.05, 4.69) is 4.98 Å². The van der Waals surface area contributed by atoms with Gasteiger partial charge >= 0.3 is 0 Å². The Bertz CT molecular complexity index is 1090. The van der Waals surface area contributed by atoms with Crippen molar-refractivity contribution in [3.63, 3.8) is 0 Å². The number of benzene rings is 2. The molecule has 1 aromatic heterocycles. The summed E-state index contributed by atoms with van der Waals surface area (Å²) in [5.41, 5.74) is -0.718. The Morgan fingerprint density at radius 2 is 1.53 bits per heavy atom. The van der Waals surface area contributed by atoms with Crippen LogP contribution >= 0.6 is 12.2 Å². The predicted octanol–water partition coefficient (Wildman–Crippen LogP) is 4.98. The number of rotatable bonds is 5. The van der Waals surface area contributed by atoms with Gasteiger partial charge in [-0.2, -0.15) is 8.78 Å². The summed E-state index contributed by atoms with van der Waals surface area (Å²) in [4.78, 5) is 6.54. The van der Waals surface area contributed by atoms with Crippen molar-refractivity contribution in [1.29, 1.82) is 0 Å². The van der Waals surface area contributed by atoms with Crippen LogP contribution in [-0.4, -0.2) is 32.5 Å². The van der Waals surface area contributed by atoms with Gasteiger partial charge in [-0.05, 0) is 5.56 Å². The molecule has 3 aromatic rings. The fourth-order valence-corrected chi connectivity index (χ4v) is 4.15. The second kappa shape index (κ2) is 8.85. The monoisotopic (exact) mass is 467 g/mol. The van der Waals surface area contributed by atoms with Gasteiger partial charge in [0, 0.05) is 38.3 Å². The van der Waals surface area contributed by atoms with Gasteiger partial charge in [0.2, 0.25) is 29.1 Å². The molecule has 0 unspecified atom stereocenters.